The van der Waals surface area contributed by atoms with E-state index in [9.17, 15) is 0 Å². The number of fused-ring (bicyclic) bond motifs is 6. The lowest BCUT2D eigenvalue weighted by molar-refractivity contribution is 0.184. The molecule has 0 spiro atoms. The van der Waals surface area contributed by atoms with Crippen molar-refractivity contribution in [3.63, 3.8) is 0 Å². The molecule has 0 unspecified atom stereocenters. The summed E-state index contributed by atoms with van der Waals surface area (Å²) in [6, 6.07) is 17.8. The first-order chi connectivity index (χ1) is 26.2. The molecule has 0 aliphatic rings. The highest BCUT2D eigenvalue weighted by Crippen LogP contribution is 2.45. The highest BCUT2D eigenvalue weighted by molar-refractivity contribution is 7.32. The van der Waals surface area contributed by atoms with E-state index in [1.54, 1.807) is 0 Å². The normalized spacial score (nSPS) is 14.2. The average Bonchev–Trinajstić information content (AvgIpc) is 3.28. The molecule has 4 aromatic carbocycles. The predicted molar refractivity (Wildman–Crippen MR) is 243 cm³/mol. The molecule has 0 bridgehead atoms. The quantitative estimate of drug-likeness (QED) is 0.167. The Morgan fingerprint density at radius 3 is 0.807 bits per heavy atom. The summed E-state index contributed by atoms with van der Waals surface area (Å²) in [6.07, 6.45) is 0.0204. The zero-order valence-corrected chi connectivity index (χ0v) is 39.6. The van der Waals surface area contributed by atoms with E-state index in [1.165, 1.54) is 22.3 Å². The fourth-order valence-corrected chi connectivity index (χ4v) is 10.2. The molecule has 2 atom stereocenters. The van der Waals surface area contributed by atoms with Crippen LogP contribution in [0, 0.1) is 27.7 Å². The molecular formula is C49H66O6P2. The molecule has 0 radical (unpaired) electrons. The average molecular weight is 813 g/mol. The van der Waals surface area contributed by atoms with Crippen LogP contribution in [-0.4, -0.2) is 12.2 Å². The van der Waals surface area contributed by atoms with Gasteiger partial charge >= 0.3 is 16.5 Å². The second kappa shape index (κ2) is 15.3. The predicted octanol–water partition coefficient (Wildman–Crippen LogP) is 16.0. The van der Waals surface area contributed by atoms with Crippen LogP contribution in [-0.2, 0) is 21.7 Å². The van der Waals surface area contributed by atoms with Gasteiger partial charge in [-0.15, -0.1) is 0 Å². The summed E-state index contributed by atoms with van der Waals surface area (Å²) < 4.78 is 41.2. The van der Waals surface area contributed by atoms with Crippen LogP contribution in [0.15, 0.2) is 65.3 Å². The smallest absolute Gasteiger partial charge is 0.387 e. The van der Waals surface area contributed by atoms with Crippen molar-refractivity contribution >= 4 is 60.4 Å². The molecule has 0 N–H and O–H groups in total. The summed E-state index contributed by atoms with van der Waals surface area (Å²) in [7, 11) is -3.67. The van der Waals surface area contributed by atoms with Gasteiger partial charge in [0.15, 0.2) is 0 Å². The lowest BCUT2D eigenvalue weighted by Gasteiger charge is -2.21. The molecule has 308 valence electrons. The third-order valence-electron chi connectivity index (χ3n) is 10.6. The topological polar surface area (TPSA) is 71.0 Å². The van der Waals surface area contributed by atoms with Crippen molar-refractivity contribution in [2.24, 2.45) is 0 Å². The molecule has 0 aliphatic heterocycles. The van der Waals surface area contributed by atoms with Gasteiger partial charge in [0.2, 0.25) is 0 Å². The van der Waals surface area contributed by atoms with Crippen molar-refractivity contribution < 1.29 is 25.8 Å². The first-order valence-corrected chi connectivity index (χ1v) is 22.7. The van der Waals surface area contributed by atoms with Crippen LogP contribution in [0.4, 0.5) is 0 Å². The van der Waals surface area contributed by atoms with Gasteiger partial charge in [0.1, 0.15) is 22.3 Å². The number of hydrogen-bond donors (Lipinski definition) is 0. The minimum atomic E-state index is -1.83. The van der Waals surface area contributed by atoms with E-state index in [1.807, 2.05) is 0 Å². The summed E-state index contributed by atoms with van der Waals surface area (Å²) in [6.45, 7) is 39.5. The van der Waals surface area contributed by atoms with Crippen molar-refractivity contribution in [2.75, 3.05) is 0 Å². The van der Waals surface area contributed by atoms with Gasteiger partial charge in [-0.05, 0) is 110 Å². The second-order valence-corrected chi connectivity index (χ2v) is 22.7. The van der Waals surface area contributed by atoms with Crippen LogP contribution in [0.5, 0.6) is 0 Å². The Kier molecular flexibility index (Phi) is 11.6. The third kappa shape index (κ3) is 9.26. The first kappa shape index (κ1) is 43.2. The number of hydrogen-bond acceptors (Lipinski definition) is 6. The van der Waals surface area contributed by atoms with Crippen molar-refractivity contribution in [1.29, 1.82) is 0 Å². The Hall–Kier alpha value is -3.40. The van der Waals surface area contributed by atoms with Crippen LogP contribution < -0.4 is 9.05 Å². The van der Waals surface area contributed by atoms with Gasteiger partial charge in [-0.3, -0.25) is 9.05 Å². The van der Waals surface area contributed by atoms with Gasteiger partial charge in [-0.2, -0.15) is 0 Å². The molecule has 0 aliphatic carbocycles. The van der Waals surface area contributed by atoms with E-state index in [0.29, 0.717) is 6.42 Å². The molecule has 2 aromatic heterocycles. The van der Waals surface area contributed by atoms with Gasteiger partial charge < -0.3 is 16.8 Å². The molecule has 2 heterocycles. The third-order valence-corrected chi connectivity index (χ3v) is 13.0. The highest BCUT2D eigenvalue weighted by Gasteiger charge is 2.28. The summed E-state index contributed by atoms with van der Waals surface area (Å²) in [4.78, 5) is 0. The Bertz CT molecular complexity index is 2220. The van der Waals surface area contributed by atoms with Crippen LogP contribution >= 0.6 is 16.5 Å². The lowest BCUT2D eigenvalue weighted by atomic mass is 9.83. The van der Waals surface area contributed by atoms with E-state index in [4.69, 9.17) is 25.8 Å². The van der Waals surface area contributed by atoms with Gasteiger partial charge in [0.25, 0.3) is 0 Å². The maximum Gasteiger partial charge on any atom is 0.387 e. The van der Waals surface area contributed by atoms with E-state index < -0.39 is 16.5 Å². The van der Waals surface area contributed by atoms with E-state index in [0.717, 1.165) is 66.1 Å². The van der Waals surface area contributed by atoms with E-state index in [2.05, 4.69) is 173 Å². The number of benzene rings is 4. The number of aryl methyl sites for hydroxylation is 4. The first-order valence-electron chi connectivity index (χ1n) is 20.5. The maximum atomic E-state index is 6.90. The minimum Gasteiger partial charge on any atom is -0.399 e. The molecule has 0 fully saturated rings. The van der Waals surface area contributed by atoms with Crippen molar-refractivity contribution in [2.45, 2.75) is 165 Å². The standard InChI is InChI=1S/C49H66O6P2/c1-28-19-34-35-20-29(2)24-39(47(10,11)12)43(35)53-56(52-42(34)38(23-28)46(7,8)9)50-32(5)27-33(6)51-57-54-44-36(21-30(3)25-40(44)48(13,14)15)37-22-31(4)26-41(45(37)55-57)49(16,17)18/h19-26,32-33H,27H2,1-18H3/t32-,33-/m1/s1. The number of rotatable bonds is 6. The summed E-state index contributed by atoms with van der Waals surface area (Å²) in [5, 5.41) is 4.18. The van der Waals surface area contributed by atoms with Crippen molar-refractivity contribution in [3.05, 3.63) is 93.0 Å². The zero-order chi connectivity index (χ0) is 42.2. The lowest BCUT2D eigenvalue weighted by Crippen LogP contribution is -2.21. The van der Waals surface area contributed by atoms with Gasteiger partial charge in [0, 0.05) is 50.2 Å². The van der Waals surface area contributed by atoms with Crippen LogP contribution in [0.3, 0.4) is 0 Å². The maximum absolute atomic E-state index is 6.90. The molecule has 8 heteroatoms. The summed E-state index contributed by atoms with van der Waals surface area (Å²) in [5.41, 5.74) is 11.9. The zero-order valence-electron chi connectivity index (χ0n) is 37.8. The van der Waals surface area contributed by atoms with E-state index in [-0.39, 0.29) is 33.9 Å². The van der Waals surface area contributed by atoms with Crippen molar-refractivity contribution in [3.8, 4) is 0 Å². The fourth-order valence-electron chi connectivity index (χ4n) is 7.78. The molecular weight excluding hydrogens is 746 g/mol. The Morgan fingerprint density at radius 2 is 0.614 bits per heavy atom. The molecule has 6 aromatic rings. The molecule has 6 rings (SSSR count). The Balaban J connectivity index is 1.47. The second-order valence-electron chi connectivity index (χ2n) is 20.6. The summed E-state index contributed by atoms with van der Waals surface area (Å²) >= 11 is 0. The molecule has 0 amide bonds. The monoisotopic (exact) mass is 812 g/mol. The van der Waals surface area contributed by atoms with Crippen molar-refractivity contribution in [1.82, 2.24) is 0 Å². The van der Waals surface area contributed by atoms with Gasteiger partial charge in [-0.25, -0.2) is 0 Å². The fraction of sp³-hybridized carbons (Fsp3) is 0.510. The Labute approximate surface area is 343 Å². The molecule has 0 saturated heterocycles. The van der Waals surface area contributed by atoms with E-state index >= 15 is 0 Å². The van der Waals surface area contributed by atoms with Crippen LogP contribution in [0.1, 0.15) is 148 Å². The SMILES string of the molecule is Cc1cc(C(C)(C)C)c2op(O[C@H](C)C[C@@H](C)Op3oc4c(C(C)(C)C)cc(C)cc4c4cc(C)cc(C(C)(C)C)c4o3)oc3c(C(C)(C)C)cc(C)cc3c2c1. The summed E-state index contributed by atoms with van der Waals surface area (Å²) in [5.74, 6) is 0. The Morgan fingerprint density at radius 1 is 0.404 bits per heavy atom. The van der Waals surface area contributed by atoms with Crippen LogP contribution in [0.2, 0.25) is 0 Å². The molecule has 57 heavy (non-hydrogen) atoms. The minimum absolute atomic E-state index is 0.165. The van der Waals surface area contributed by atoms with Gasteiger partial charge in [0.05, 0.1) is 12.2 Å². The molecule has 6 nitrogen and oxygen atoms in total. The largest absolute Gasteiger partial charge is 0.399 e. The highest BCUT2D eigenvalue weighted by atomic mass is 31.1. The van der Waals surface area contributed by atoms with Gasteiger partial charge in [-0.1, -0.05) is 107 Å². The molecule has 0 saturated carbocycles. The van der Waals surface area contributed by atoms with Crippen LogP contribution in [0.25, 0.3) is 43.9 Å².